The molecule has 0 N–H and O–H groups in total. The van der Waals surface area contributed by atoms with E-state index in [1.807, 2.05) is 30.3 Å². The Balaban J connectivity index is 2.90. The highest BCUT2D eigenvalue weighted by molar-refractivity contribution is 6.70. The van der Waals surface area contributed by atoms with Gasteiger partial charge in [0.05, 0.1) is 7.11 Å². The summed E-state index contributed by atoms with van der Waals surface area (Å²) < 4.78 is 11.0. The summed E-state index contributed by atoms with van der Waals surface area (Å²) in [4.78, 5) is 0. The molecule has 2 nitrogen and oxygen atoms in total. The maximum absolute atomic E-state index is 5.94. The van der Waals surface area contributed by atoms with E-state index in [1.54, 1.807) is 13.4 Å². The van der Waals surface area contributed by atoms with E-state index in [-0.39, 0.29) is 0 Å². The van der Waals surface area contributed by atoms with Gasteiger partial charge in [0.15, 0.2) is 0 Å². The predicted octanol–water partition coefficient (Wildman–Crippen LogP) is 3.48. The van der Waals surface area contributed by atoms with Crippen LogP contribution in [0.15, 0.2) is 36.6 Å². The molecule has 0 saturated heterocycles. The SMILES string of the molecule is CO/C=C(\O[Si](C)(C)C)c1ccccc1. The van der Waals surface area contributed by atoms with Crippen molar-refractivity contribution in [2.24, 2.45) is 0 Å². The zero-order valence-electron chi connectivity index (χ0n) is 9.78. The standard InChI is InChI=1S/C12H18O2Si/c1-13-10-12(14-15(2,3)4)11-8-6-5-7-9-11/h5-10H,1-4H3/b12-10-. The molecule has 0 spiro atoms. The lowest BCUT2D eigenvalue weighted by Crippen LogP contribution is -2.24. The van der Waals surface area contributed by atoms with Crippen LogP contribution < -0.4 is 0 Å². The molecule has 0 aliphatic carbocycles. The third-order valence-electron chi connectivity index (χ3n) is 1.70. The molecule has 0 unspecified atom stereocenters. The highest BCUT2D eigenvalue weighted by Crippen LogP contribution is 2.20. The number of methoxy groups -OCH3 is 1. The topological polar surface area (TPSA) is 18.5 Å². The molecule has 0 aliphatic heterocycles. The lowest BCUT2D eigenvalue weighted by Gasteiger charge is -2.21. The number of benzene rings is 1. The van der Waals surface area contributed by atoms with E-state index in [0.29, 0.717) is 0 Å². The highest BCUT2D eigenvalue weighted by atomic mass is 28.4. The Hall–Kier alpha value is -1.22. The first-order valence-electron chi connectivity index (χ1n) is 5.00. The smallest absolute Gasteiger partial charge is 0.242 e. The minimum Gasteiger partial charge on any atom is -0.542 e. The lowest BCUT2D eigenvalue weighted by molar-refractivity contribution is 0.327. The number of rotatable bonds is 4. The zero-order chi connectivity index (χ0) is 11.3. The Morgan fingerprint density at radius 2 is 1.73 bits per heavy atom. The van der Waals surface area contributed by atoms with Crippen molar-refractivity contribution in [1.82, 2.24) is 0 Å². The van der Waals surface area contributed by atoms with Gasteiger partial charge in [-0.1, -0.05) is 30.3 Å². The summed E-state index contributed by atoms with van der Waals surface area (Å²) in [5, 5.41) is 0. The minimum absolute atomic E-state index is 0.817. The summed E-state index contributed by atoms with van der Waals surface area (Å²) in [6.07, 6.45) is 1.66. The molecule has 15 heavy (non-hydrogen) atoms. The summed E-state index contributed by atoms with van der Waals surface area (Å²) in [6.45, 7) is 6.46. The van der Waals surface area contributed by atoms with Crippen LogP contribution in [0.2, 0.25) is 19.6 Å². The number of hydrogen-bond donors (Lipinski definition) is 0. The van der Waals surface area contributed by atoms with Gasteiger partial charge in [0, 0.05) is 5.56 Å². The fourth-order valence-corrected chi connectivity index (χ4v) is 2.02. The minimum atomic E-state index is -1.59. The van der Waals surface area contributed by atoms with Gasteiger partial charge in [0.25, 0.3) is 0 Å². The van der Waals surface area contributed by atoms with Crippen molar-refractivity contribution in [3.05, 3.63) is 42.2 Å². The van der Waals surface area contributed by atoms with E-state index < -0.39 is 8.32 Å². The molecule has 1 rings (SSSR count). The molecule has 0 saturated carbocycles. The Morgan fingerprint density at radius 3 is 2.20 bits per heavy atom. The van der Waals surface area contributed by atoms with Crippen LogP contribution in [0.1, 0.15) is 5.56 Å². The van der Waals surface area contributed by atoms with Crippen LogP contribution in [0.4, 0.5) is 0 Å². The quantitative estimate of drug-likeness (QED) is 0.573. The van der Waals surface area contributed by atoms with Gasteiger partial charge in [-0.05, 0) is 19.6 Å². The van der Waals surface area contributed by atoms with Crippen LogP contribution in [0.5, 0.6) is 0 Å². The van der Waals surface area contributed by atoms with Crippen LogP contribution >= 0.6 is 0 Å². The zero-order valence-corrected chi connectivity index (χ0v) is 10.8. The molecule has 0 amide bonds. The molecule has 0 aliphatic rings. The van der Waals surface area contributed by atoms with Crippen molar-refractivity contribution >= 4 is 14.1 Å². The van der Waals surface area contributed by atoms with Crippen LogP contribution in [0, 0.1) is 0 Å². The molecule has 0 radical (unpaired) electrons. The monoisotopic (exact) mass is 222 g/mol. The first-order chi connectivity index (χ1) is 7.03. The first kappa shape index (κ1) is 11.8. The van der Waals surface area contributed by atoms with Gasteiger partial charge in [0.2, 0.25) is 8.32 Å². The van der Waals surface area contributed by atoms with Crippen molar-refractivity contribution < 1.29 is 9.16 Å². The highest BCUT2D eigenvalue weighted by Gasteiger charge is 2.18. The Morgan fingerprint density at radius 1 is 1.13 bits per heavy atom. The molecular weight excluding hydrogens is 204 g/mol. The third kappa shape index (κ3) is 4.21. The molecule has 1 aromatic rings. The molecule has 0 heterocycles. The summed E-state index contributed by atoms with van der Waals surface area (Å²) >= 11 is 0. The van der Waals surface area contributed by atoms with Gasteiger partial charge in [-0.3, -0.25) is 0 Å². The Kier molecular flexibility index (Phi) is 3.97. The molecule has 0 atom stereocenters. The molecule has 82 valence electrons. The van der Waals surface area contributed by atoms with E-state index in [9.17, 15) is 0 Å². The van der Waals surface area contributed by atoms with E-state index in [2.05, 4.69) is 19.6 Å². The van der Waals surface area contributed by atoms with Crippen LogP contribution in [0.25, 0.3) is 5.76 Å². The van der Waals surface area contributed by atoms with Crippen molar-refractivity contribution in [1.29, 1.82) is 0 Å². The van der Waals surface area contributed by atoms with Crippen molar-refractivity contribution in [2.75, 3.05) is 7.11 Å². The first-order valence-corrected chi connectivity index (χ1v) is 8.41. The van der Waals surface area contributed by atoms with Gasteiger partial charge in [-0.25, -0.2) is 0 Å². The van der Waals surface area contributed by atoms with Gasteiger partial charge < -0.3 is 9.16 Å². The van der Waals surface area contributed by atoms with Gasteiger partial charge in [-0.15, -0.1) is 0 Å². The fourth-order valence-electron chi connectivity index (χ4n) is 1.19. The number of ether oxygens (including phenoxy) is 1. The molecule has 3 heteroatoms. The van der Waals surface area contributed by atoms with Crippen molar-refractivity contribution in [2.45, 2.75) is 19.6 Å². The van der Waals surface area contributed by atoms with E-state index in [1.165, 1.54) is 0 Å². The van der Waals surface area contributed by atoms with Gasteiger partial charge in [0.1, 0.15) is 12.0 Å². The lowest BCUT2D eigenvalue weighted by atomic mass is 10.2. The molecule has 1 aromatic carbocycles. The second-order valence-corrected chi connectivity index (χ2v) is 8.73. The summed E-state index contributed by atoms with van der Waals surface area (Å²) in [7, 11) is 0.0468. The summed E-state index contributed by atoms with van der Waals surface area (Å²) in [6, 6.07) is 10.0. The fraction of sp³-hybridized carbons (Fsp3) is 0.333. The van der Waals surface area contributed by atoms with Gasteiger partial charge in [-0.2, -0.15) is 0 Å². The summed E-state index contributed by atoms with van der Waals surface area (Å²) in [5.41, 5.74) is 1.06. The number of hydrogen-bond acceptors (Lipinski definition) is 2. The normalized spacial score (nSPS) is 12.4. The molecular formula is C12H18O2Si. The average Bonchev–Trinajstić information content (AvgIpc) is 2.17. The van der Waals surface area contributed by atoms with Gasteiger partial charge >= 0.3 is 0 Å². The Labute approximate surface area is 92.7 Å². The largest absolute Gasteiger partial charge is 0.542 e. The van der Waals surface area contributed by atoms with Crippen molar-refractivity contribution in [3.8, 4) is 0 Å². The average molecular weight is 222 g/mol. The maximum Gasteiger partial charge on any atom is 0.242 e. The van der Waals surface area contributed by atoms with E-state index >= 15 is 0 Å². The van der Waals surface area contributed by atoms with Crippen LogP contribution in [-0.2, 0) is 9.16 Å². The van der Waals surface area contributed by atoms with Crippen LogP contribution in [0.3, 0.4) is 0 Å². The predicted molar refractivity (Wildman–Crippen MR) is 65.9 cm³/mol. The second kappa shape index (κ2) is 5.03. The Bertz CT molecular complexity index is 325. The summed E-state index contributed by atoms with van der Waals surface area (Å²) in [5.74, 6) is 0.817. The maximum atomic E-state index is 5.94. The molecule has 0 bridgehead atoms. The molecule has 0 aromatic heterocycles. The third-order valence-corrected chi connectivity index (χ3v) is 2.53. The van der Waals surface area contributed by atoms with Crippen LogP contribution in [-0.4, -0.2) is 15.4 Å². The molecule has 0 fully saturated rings. The van der Waals surface area contributed by atoms with Crippen molar-refractivity contribution in [3.63, 3.8) is 0 Å². The van der Waals surface area contributed by atoms with E-state index in [4.69, 9.17) is 9.16 Å². The second-order valence-electron chi connectivity index (χ2n) is 4.30. The van der Waals surface area contributed by atoms with E-state index in [0.717, 1.165) is 11.3 Å².